The van der Waals surface area contributed by atoms with Crippen LogP contribution in [0.25, 0.3) is 0 Å². The van der Waals surface area contributed by atoms with E-state index in [2.05, 4.69) is 17.4 Å². The van der Waals surface area contributed by atoms with Gasteiger partial charge >= 0.3 is 6.03 Å². The van der Waals surface area contributed by atoms with Crippen LogP contribution in [-0.2, 0) is 0 Å². The van der Waals surface area contributed by atoms with Gasteiger partial charge in [-0.25, -0.2) is 4.79 Å². The summed E-state index contributed by atoms with van der Waals surface area (Å²) in [6.07, 6.45) is 7.69. The Morgan fingerprint density at radius 1 is 1.17 bits per heavy atom. The Labute approximate surface area is 145 Å². The average molecular weight is 330 g/mol. The third-order valence-electron chi connectivity index (χ3n) is 6.00. The molecular formula is C20H30N2O2. The quantitative estimate of drug-likeness (QED) is 0.864. The fourth-order valence-corrected chi connectivity index (χ4v) is 4.02. The number of urea groups is 1. The molecule has 4 nitrogen and oxygen atoms in total. The van der Waals surface area contributed by atoms with E-state index < -0.39 is 0 Å². The maximum absolute atomic E-state index is 12.8. The predicted octanol–water partition coefficient (Wildman–Crippen LogP) is 3.72. The van der Waals surface area contributed by atoms with E-state index in [1.165, 1.54) is 24.8 Å². The van der Waals surface area contributed by atoms with E-state index in [0.717, 1.165) is 25.7 Å². The van der Waals surface area contributed by atoms with Crippen LogP contribution in [0.1, 0.15) is 56.6 Å². The molecule has 4 heteroatoms. The molecule has 1 unspecified atom stereocenters. The summed E-state index contributed by atoms with van der Waals surface area (Å²) in [6.45, 7) is 0.278. The first-order chi connectivity index (χ1) is 11.7. The topological polar surface area (TPSA) is 52.6 Å². The van der Waals surface area contributed by atoms with Crippen molar-refractivity contribution in [2.24, 2.45) is 11.8 Å². The van der Waals surface area contributed by atoms with Crippen LogP contribution < -0.4 is 5.32 Å². The van der Waals surface area contributed by atoms with Gasteiger partial charge in [0.05, 0.1) is 6.04 Å². The molecule has 0 saturated heterocycles. The lowest BCUT2D eigenvalue weighted by atomic mass is 9.77. The van der Waals surface area contributed by atoms with E-state index in [0.29, 0.717) is 17.9 Å². The van der Waals surface area contributed by atoms with E-state index in [4.69, 9.17) is 0 Å². The molecule has 2 N–H and O–H groups in total. The molecule has 1 atom stereocenters. The molecule has 24 heavy (non-hydrogen) atoms. The highest BCUT2D eigenvalue weighted by Gasteiger charge is 2.32. The second-order valence-electron chi connectivity index (χ2n) is 7.50. The van der Waals surface area contributed by atoms with E-state index in [9.17, 15) is 9.90 Å². The van der Waals surface area contributed by atoms with Crippen LogP contribution in [0.3, 0.4) is 0 Å². The first-order valence-electron chi connectivity index (χ1n) is 9.38. The Balaban J connectivity index is 1.61. The second kappa shape index (κ2) is 8.02. The van der Waals surface area contributed by atoms with Gasteiger partial charge in [-0.3, -0.25) is 0 Å². The van der Waals surface area contributed by atoms with E-state index in [1.54, 1.807) is 0 Å². The standard InChI is InChI=1S/C20H30N2O2/c1-22(18-12-10-15(14-23)11-13-18)20(24)21-19(17-8-5-9-17)16-6-3-2-4-7-16/h2-4,6-7,15,17-19,23H,5,8-14H2,1H3,(H,21,24). The van der Waals surface area contributed by atoms with Crippen LogP contribution in [0.5, 0.6) is 0 Å². The largest absolute Gasteiger partial charge is 0.396 e. The number of carbonyl (C=O) groups excluding carboxylic acids is 1. The minimum Gasteiger partial charge on any atom is -0.396 e. The number of nitrogens with zero attached hydrogens (tertiary/aromatic N) is 1. The van der Waals surface area contributed by atoms with Gasteiger partial charge in [0.1, 0.15) is 0 Å². The molecule has 2 saturated carbocycles. The number of hydrogen-bond acceptors (Lipinski definition) is 2. The van der Waals surface area contributed by atoms with Gasteiger partial charge in [0, 0.05) is 19.7 Å². The van der Waals surface area contributed by atoms with Gasteiger partial charge in [-0.15, -0.1) is 0 Å². The van der Waals surface area contributed by atoms with Crippen molar-refractivity contribution >= 4 is 6.03 Å². The summed E-state index contributed by atoms with van der Waals surface area (Å²) >= 11 is 0. The monoisotopic (exact) mass is 330 g/mol. The molecular weight excluding hydrogens is 300 g/mol. The maximum atomic E-state index is 12.8. The third kappa shape index (κ3) is 3.92. The van der Waals surface area contributed by atoms with Crippen molar-refractivity contribution < 1.29 is 9.90 Å². The number of hydrogen-bond donors (Lipinski definition) is 2. The predicted molar refractivity (Wildman–Crippen MR) is 95.7 cm³/mol. The Morgan fingerprint density at radius 3 is 2.38 bits per heavy atom. The lowest BCUT2D eigenvalue weighted by Gasteiger charge is -2.38. The second-order valence-corrected chi connectivity index (χ2v) is 7.50. The minimum absolute atomic E-state index is 0.0446. The summed E-state index contributed by atoms with van der Waals surface area (Å²) in [5.41, 5.74) is 1.22. The molecule has 3 rings (SSSR count). The molecule has 132 valence electrons. The summed E-state index contributed by atoms with van der Waals surface area (Å²) in [4.78, 5) is 14.7. The van der Waals surface area contributed by atoms with Crippen molar-refractivity contribution in [3.63, 3.8) is 0 Å². The smallest absolute Gasteiger partial charge is 0.317 e. The van der Waals surface area contributed by atoms with Gasteiger partial charge in [-0.2, -0.15) is 0 Å². The molecule has 2 amide bonds. The van der Waals surface area contributed by atoms with Crippen LogP contribution in [0.4, 0.5) is 4.79 Å². The van der Waals surface area contributed by atoms with E-state index in [-0.39, 0.29) is 18.7 Å². The van der Waals surface area contributed by atoms with E-state index >= 15 is 0 Å². The van der Waals surface area contributed by atoms with Crippen LogP contribution >= 0.6 is 0 Å². The third-order valence-corrected chi connectivity index (χ3v) is 6.00. The van der Waals surface area contributed by atoms with Crippen molar-refractivity contribution in [3.05, 3.63) is 35.9 Å². The van der Waals surface area contributed by atoms with Crippen molar-refractivity contribution in [2.45, 2.75) is 57.0 Å². The molecule has 0 aliphatic heterocycles. The highest BCUT2D eigenvalue weighted by atomic mass is 16.3. The zero-order valence-electron chi connectivity index (χ0n) is 14.7. The number of aliphatic hydroxyl groups is 1. The summed E-state index contributed by atoms with van der Waals surface area (Å²) < 4.78 is 0. The highest BCUT2D eigenvalue weighted by molar-refractivity contribution is 5.75. The molecule has 2 fully saturated rings. The fraction of sp³-hybridized carbons (Fsp3) is 0.650. The average Bonchev–Trinajstić information content (AvgIpc) is 2.59. The minimum atomic E-state index is 0.0446. The van der Waals surface area contributed by atoms with Gasteiger partial charge in [0.25, 0.3) is 0 Å². The van der Waals surface area contributed by atoms with Crippen molar-refractivity contribution in [1.29, 1.82) is 0 Å². The number of carbonyl (C=O) groups is 1. The number of aliphatic hydroxyl groups excluding tert-OH is 1. The first kappa shape index (κ1) is 17.3. The molecule has 2 aliphatic rings. The molecule has 0 spiro atoms. The molecule has 0 bridgehead atoms. The Bertz CT molecular complexity index is 522. The van der Waals surface area contributed by atoms with E-state index in [1.807, 2.05) is 30.1 Å². The SMILES string of the molecule is CN(C(=O)NC(c1ccccc1)C1CCC1)C1CCC(CO)CC1. The van der Waals surface area contributed by atoms with Crippen molar-refractivity contribution in [2.75, 3.05) is 13.7 Å². The van der Waals surface area contributed by atoms with Gasteiger partial charge in [-0.1, -0.05) is 36.8 Å². The molecule has 1 aromatic carbocycles. The number of rotatable bonds is 5. The lowest BCUT2D eigenvalue weighted by molar-refractivity contribution is 0.128. The Kier molecular flexibility index (Phi) is 5.77. The van der Waals surface area contributed by atoms with Crippen LogP contribution in [0.2, 0.25) is 0 Å². The summed E-state index contributed by atoms with van der Waals surface area (Å²) in [6, 6.07) is 10.8. The fourth-order valence-electron chi connectivity index (χ4n) is 4.02. The molecule has 2 aliphatic carbocycles. The molecule has 0 heterocycles. The van der Waals surface area contributed by atoms with Crippen molar-refractivity contribution in [1.82, 2.24) is 10.2 Å². The zero-order valence-corrected chi connectivity index (χ0v) is 14.7. The van der Waals surface area contributed by atoms with Gasteiger partial charge in [0.15, 0.2) is 0 Å². The van der Waals surface area contributed by atoms with Gasteiger partial charge < -0.3 is 15.3 Å². The summed E-state index contributed by atoms with van der Waals surface area (Å²) in [5.74, 6) is 0.986. The maximum Gasteiger partial charge on any atom is 0.317 e. The molecule has 0 radical (unpaired) electrons. The van der Waals surface area contributed by atoms with Gasteiger partial charge in [-0.05, 0) is 55.9 Å². The Hall–Kier alpha value is -1.55. The van der Waals surface area contributed by atoms with Crippen LogP contribution in [-0.4, -0.2) is 35.7 Å². The number of benzene rings is 1. The first-order valence-corrected chi connectivity index (χ1v) is 9.38. The van der Waals surface area contributed by atoms with Crippen LogP contribution in [0.15, 0.2) is 30.3 Å². The zero-order chi connectivity index (χ0) is 16.9. The molecule has 1 aromatic rings. The van der Waals surface area contributed by atoms with Crippen LogP contribution in [0, 0.1) is 11.8 Å². The summed E-state index contributed by atoms with van der Waals surface area (Å²) in [7, 11) is 1.92. The lowest BCUT2D eigenvalue weighted by Crippen LogP contribution is -2.48. The number of amides is 2. The Morgan fingerprint density at radius 2 is 1.83 bits per heavy atom. The van der Waals surface area contributed by atoms with Gasteiger partial charge in [0.2, 0.25) is 0 Å². The highest BCUT2D eigenvalue weighted by Crippen LogP contribution is 2.38. The summed E-state index contributed by atoms with van der Waals surface area (Å²) in [5, 5.41) is 12.6. The normalized spacial score (nSPS) is 25.6. The molecule has 0 aromatic heterocycles. The number of nitrogens with one attached hydrogen (secondary N) is 1. The van der Waals surface area contributed by atoms with Crippen molar-refractivity contribution in [3.8, 4) is 0 Å².